The minimum Gasteiger partial charge on any atom is -0.507 e. The molecule has 0 saturated heterocycles. The Hall–Kier alpha value is -3.34. The quantitative estimate of drug-likeness (QED) is 0.446. The predicted octanol–water partition coefficient (Wildman–Crippen LogP) is 3.71. The number of aromatic hydroxyl groups is 1. The minimum atomic E-state index is -0.566. The SMILES string of the molecule is COc1ccc(/C=C/C(=O)c2c(O)ccc3c(C)cc(=O)oc23)cc1. The second-order valence-electron chi connectivity index (χ2n) is 5.56. The van der Waals surface area contributed by atoms with Gasteiger partial charge in [0.2, 0.25) is 0 Å². The van der Waals surface area contributed by atoms with E-state index in [1.165, 1.54) is 18.2 Å². The van der Waals surface area contributed by atoms with Gasteiger partial charge in [-0.3, -0.25) is 4.79 Å². The van der Waals surface area contributed by atoms with Crippen LogP contribution >= 0.6 is 0 Å². The molecule has 3 aromatic rings. The summed E-state index contributed by atoms with van der Waals surface area (Å²) in [5.74, 6) is 0.0331. The molecule has 0 bridgehead atoms. The lowest BCUT2D eigenvalue weighted by Gasteiger charge is -2.06. The van der Waals surface area contributed by atoms with Gasteiger partial charge in [0.05, 0.1) is 7.11 Å². The molecule has 0 saturated carbocycles. The van der Waals surface area contributed by atoms with Crippen molar-refractivity contribution in [1.82, 2.24) is 0 Å². The molecule has 1 heterocycles. The molecule has 0 amide bonds. The Bertz CT molecular complexity index is 1030. The fourth-order valence-electron chi connectivity index (χ4n) is 2.58. The van der Waals surface area contributed by atoms with Gasteiger partial charge in [-0.2, -0.15) is 0 Å². The molecular weight excluding hydrogens is 320 g/mol. The first-order chi connectivity index (χ1) is 12.0. The number of fused-ring (bicyclic) bond motifs is 1. The molecule has 0 atom stereocenters. The number of rotatable bonds is 4. The van der Waals surface area contributed by atoms with Crippen molar-refractivity contribution in [2.75, 3.05) is 7.11 Å². The number of benzene rings is 2. The number of ether oxygens (including phenoxy) is 1. The van der Waals surface area contributed by atoms with E-state index in [2.05, 4.69) is 0 Å². The highest BCUT2D eigenvalue weighted by Crippen LogP contribution is 2.29. The first kappa shape index (κ1) is 16.5. The summed E-state index contributed by atoms with van der Waals surface area (Å²) < 4.78 is 10.3. The van der Waals surface area contributed by atoms with E-state index in [1.54, 1.807) is 50.4 Å². The molecular formula is C20H16O5. The van der Waals surface area contributed by atoms with Crippen LogP contribution in [-0.2, 0) is 0 Å². The summed E-state index contributed by atoms with van der Waals surface area (Å²) >= 11 is 0. The molecule has 1 aromatic heterocycles. The molecule has 0 aliphatic rings. The Kier molecular flexibility index (Phi) is 4.39. The van der Waals surface area contributed by atoms with Crippen LogP contribution < -0.4 is 10.4 Å². The molecule has 126 valence electrons. The predicted molar refractivity (Wildman–Crippen MR) is 95.2 cm³/mol. The zero-order valence-electron chi connectivity index (χ0n) is 13.8. The average Bonchev–Trinajstić information content (AvgIpc) is 2.59. The van der Waals surface area contributed by atoms with Crippen molar-refractivity contribution in [2.24, 2.45) is 0 Å². The number of phenolic OH excluding ortho intramolecular Hbond substituents is 1. The molecule has 25 heavy (non-hydrogen) atoms. The average molecular weight is 336 g/mol. The molecule has 0 spiro atoms. The smallest absolute Gasteiger partial charge is 0.336 e. The third kappa shape index (κ3) is 3.30. The first-order valence-corrected chi connectivity index (χ1v) is 7.62. The maximum absolute atomic E-state index is 12.6. The van der Waals surface area contributed by atoms with E-state index in [0.717, 1.165) is 5.56 Å². The second-order valence-corrected chi connectivity index (χ2v) is 5.56. The fourth-order valence-corrected chi connectivity index (χ4v) is 2.58. The van der Waals surface area contributed by atoms with Gasteiger partial charge in [-0.1, -0.05) is 18.2 Å². The van der Waals surface area contributed by atoms with Crippen molar-refractivity contribution >= 4 is 22.8 Å². The number of aryl methyl sites for hydroxylation is 1. The summed E-state index contributed by atoms with van der Waals surface area (Å²) in [7, 11) is 1.58. The molecule has 2 aromatic carbocycles. The van der Waals surface area contributed by atoms with Gasteiger partial charge in [-0.05, 0) is 48.4 Å². The van der Waals surface area contributed by atoms with Crippen LogP contribution in [0.15, 0.2) is 57.8 Å². The topological polar surface area (TPSA) is 76.7 Å². The minimum absolute atomic E-state index is 0.0249. The molecule has 0 radical (unpaired) electrons. The number of hydrogen-bond acceptors (Lipinski definition) is 5. The van der Waals surface area contributed by atoms with E-state index >= 15 is 0 Å². The zero-order chi connectivity index (χ0) is 18.0. The lowest BCUT2D eigenvalue weighted by atomic mass is 10.0. The third-order valence-electron chi connectivity index (χ3n) is 3.89. The lowest BCUT2D eigenvalue weighted by Crippen LogP contribution is -2.03. The zero-order valence-corrected chi connectivity index (χ0v) is 13.8. The van der Waals surface area contributed by atoms with E-state index in [9.17, 15) is 14.7 Å². The van der Waals surface area contributed by atoms with Crippen molar-refractivity contribution in [3.8, 4) is 11.5 Å². The first-order valence-electron chi connectivity index (χ1n) is 7.62. The Morgan fingerprint density at radius 2 is 1.88 bits per heavy atom. The summed E-state index contributed by atoms with van der Waals surface area (Å²) in [4.78, 5) is 24.2. The van der Waals surface area contributed by atoms with Crippen molar-refractivity contribution in [3.63, 3.8) is 0 Å². The Balaban J connectivity index is 2.03. The molecule has 3 rings (SSSR count). The third-order valence-corrected chi connectivity index (χ3v) is 3.89. The number of methoxy groups -OCH3 is 1. The van der Waals surface area contributed by atoms with Crippen molar-refractivity contribution in [1.29, 1.82) is 0 Å². The van der Waals surface area contributed by atoms with Crippen LogP contribution in [0.2, 0.25) is 0 Å². The standard InChI is InChI=1S/C20H16O5/c1-12-11-18(23)25-20-15(12)8-10-17(22)19(20)16(21)9-5-13-3-6-14(24-2)7-4-13/h3-11,22H,1-2H3/b9-5+. The second kappa shape index (κ2) is 6.65. The van der Waals surface area contributed by atoms with Crippen LogP contribution in [0.1, 0.15) is 21.5 Å². The van der Waals surface area contributed by atoms with Crippen LogP contribution in [0.3, 0.4) is 0 Å². The summed E-state index contributed by atoms with van der Waals surface area (Å²) in [5, 5.41) is 10.7. The summed E-state index contributed by atoms with van der Waals surface area (Å²) in [6.45, 7) is 1.75. The number of phenols is 1. The monoisotopic (exact) mass is 336 g/mol. The van der Waals surface area contributed by atoms with E-state index in [4.69, 9.17) is 9.15 Å². The number of allylic oxidation sites excluding steroid dienone is 1. The van der Waals surface area contributed by atoms with Crippen molar-refractivity contribution in [3.05, 3.63) is 75.7 Å². The highest BCUT2D eigenvalue weighted by molar-refractivity contribution is 6.15. The van der Waals surface area contributed by atoms with Gasteiger partial charge in [0, 0.05) is 11.5 Å². The number of hydrogen-bond donors (Lipinski definition) is 1. The van der Waals surface area contributed by atoms with Crippen LogP contribution in [0.5, 0.6) is 11.5 Å². The molecule has 5 heteroatoms. The van der Waals surface area contributed by atoms with Gasteiger partial charge in [-0.15, -0.1) is 0 Å². The molecule has 0 fully saturated rings. The van der Waals surface area contributed by atoms with Gasteiger partial charge in [0.15, 0.2) is 11.4 Å². The maximum Gasteiger partial charge on any atom is 0.336 e. The van der Waals surface area contributed by atoms with Crippen LogP contribution in [-0.4, -0.2) is 18.0 Å². The van der Waals surface area contributed by atoms with Gasteiger partial charge < -0.3 is 14.3 Å². The fraction of sp³-hybridized carbons (Fsp3) is 0.100. The Morgan fingerprint density at radius 3 is 2.56 bits per heavy atom. The van der Waals surface area contributed by atoms with E-state index in [-0.39, 0.29) is 16.9 Å². The van der Waals surface area contributed by atoms with Gasteiger partial charge in [-0.25, -0.2) is 4.79 Å². The molecule has 5 nitrogen and oxygen atoms in total. The van der Waals surface area contributed by atoms with Crippen molar-refractivity contribution < 1.29 is 19.1 Å². The Morgan fingerprint density at radius 1 is 1.16 bits per heavy atom. The van der Waals surface area contributed by atoms with Crippen LogP contribution in [0.25, 0.3) is 17.0 Å². The largest absolute Gasteiger partial charge is 0.507 e. The van der Waals surface area contributed by atoms with Crippen molar-refractivity contribution in [2.45, 2.75) is 6.92 Å². The highest BCUT2D eigenvalue weighted by Gasteiger charge is 2.17. The molecule has 1 N–H and O–H groups in total. The van der Waals surface area contributed by atoms with Gasteiger partial charge in [0.1, 0.15) is 17.1 Å². The normalized spacial score (nSPS) is 11.1. The molecule has 0 unspecified atom stereocenters. The number of carbonyl (C=O) groups is 1. The number of carbonyl (C=O) groups excluding carboxylic acids is 1. The van der Waals surface area contributed by atoms with E-state index < -0.39 is 11.4 Å². The van der Waals surface area contributed by atoms with Crippen LogP contribution in [0.4, 0.5) is 0 Å². The van der Waals surface area contributed by atoms with E-state index in [1.807, 2.05) is 0 Å². The molecule has 0 aliphatic heterocycles. The van der Waals surface area contributed by atoms with Crippen LogP contribution in [0, 0.1) is 6.92 Å². The molecule has 0 aliphatic carbocycles. The lowest BCUT2D eigenvalue weighted by molar-refractivity contribution is 0.104. The summed E-state index contributed by atoms with van der Waals surface area (Å²) in [6.07, 6.45) is 2.95. The van der Waals surface area contributed by atoms with Gasteiger partial charge in [0.25, 0.3) is 0 Å². The highest BCUT2D eigenvalue weighted by atomic mass is 16.5. The van der Waals surface area contributed by atoms with E-state index in [0.29, 0.717) is 16.7 Å². The van der Waals surface area contributed by atoms with Gasteiger partial charge >= 0.3 is 5.63 Å². The Labute approximate surface area is 143 Å². The summed E-state index contributed by atoms with van der Waals surface area (Å²) in [6, 6.07) is 11.5. The maximum atomic E-state index is 12.6. The number of ketones is 1. The summed E-state index contributed by atoms with van der Waals surface area (Å²) in [5.41, 5.74) is 0.979.